The number of hydrogen-bond donors (Lipinski definition) is 1. The molecule has 100 valence electrons. The maximum Gasteiger partial charge on any atom is 0.0294 e. The van der Waals surface area contributed by atoms with Crippen molar-refractivity contribution in [3.05, 3.63) is 35.4 Å². The molecule has 18 heavy (non-hydrogen) atoms. The first-order valence-corrected chi connectivity index (χ1v) is 7.14. The number of likely N-dealkylation sites (tertiary alicyclic amines) is 1. The third-order valence-corrected chi connectivity index (χ3v) is 4.09. The van der Waals surface area contributed by atoms with E-state index in [0.717, 1.165) is 12.5 Å². The van der Waals surface area contributed by atoms with Crippen LogP contribution in [-0.2, 0) is 0 Å². The third kappa shape index (κ3) is 3.56. The Morgan fingerprint density at radius 3 is 2.89 bits per heavy atom. The fraction of sp³-hybridized carbons (Fsp3) is 0.625. The largest absolute Gasteiger partial charge is 0.310 e. The maximum absolute atomic E-state index is 3.70. The second-order valence-electron chi connectivity index (χ2n) is 5.76. The number of hydrogen-bond acceptors (Lipinski definition) is 2. The number of nitrogens with one attached hydrogen (secondary N) is 1. The van der Waals surface area contributed by atoms with E-state index in [4.69, 9.17) is 0 Å². The highest BCUT2D eigenvalue weighted by Crippen LogP contribution is 2.19. The molecule has 1 aromatic carbocycles. The van der Waals surface area contributed by atoms with Gasteiger partial charge in [-0.3, -0.25) is 0 Å². The van der Waals surface area contributed by atoms with E-state index in [1.807, 2.05) is 0 Å². The zero-order valence-electron chi connectivity index (χ0n) is 11.9. The van der Waals surface area contributed by atoms with Gasteiger partial charge in [-0.1, -0.05) is 24.3 Å². The molecule has 2 atom stereocenters. The number of nitrogens with zero attached hydrogens (tertiary/aromatic N) is 1. The lowest BCUT2D eigenvalue weighted by Crippen LogP contribution is -2.38. The lowest BCUT2D eigenvalue weighted by atomic mass is 9.97. The van der Waals surface area contributed by atoms with Gasteiger partial charge in [0, 0.05) is 12.6 Å². The van der Waals surface area contributed by atoms with Crippen molar-refractivity contribution in [2.45, 2.75) is 32.7 Å². The van der Waals surface area contributed by atoms with E-state index in [1.54, 1.807) is 0 Å². The normalized spacial score (nSPS) is 22.9. The summed E-state index contributed by atoms with van der Waals surface area (Å²) in [5, 5.41) is 3.70. The standard InChI is InChI=1S/C16H26N2/c1-13-7-4-5-9-16(13)14(2)17-11-15-8-6-10-18(3)12-15/h4-5,7,9,14-15,17H,6,8,10-12H2,1-3H3/t14-,15?/m1/s1. The van der Waals surface area contributed by atoms with Crippen molar-refractivity contribution in [3.8, 4) is 0 Å². The zero-order chi connectivity index (χ0) is 13.0. The molecule has 1 fully saturated rings. The summed E-state index contributed by atoms with van der Waals surface area (Å²) in [4.78, 5) is 2.45. The molecule has 2 nitrogen and oxygen atoms in total. The summed E-state index contributed by atoms with van der Waals surface area (Å²) in [6.45, 7) is 8.12. The van der Waals surface area contributed by atoms with Crippen LogP contribution in [0.3, 0.4) is 0 Å². The van der Waals surface area contributed by atoms with E-state index in [1.165, 1.54) is 37.1 Å². The Morgan fingerprint density at radius 2 is 2.17 bits per heavy atom. The molecule has 0 spiro atoms. The number of benzene rings is 1. The average Bonchev–Trinajstić information content (AvgIpc) is 2.37. The molecule has 1 saturated heterocycles. The van der Waals surface area contributed by atoms with E-state index in [-0.39, 0.29) is 0 Å². The summed E-state index contributed by atoms with van der Waals surface area (Å²) < 4.78 is 0. The molecule has 0 saturated carbocycles. The summed E-state index contributed by atoms with van der Waals surface area (Å²) in [7, 11) is 2.23. The molecule has 0 aliphatic carbocycles. The lowest BCUT2D eigenvalue weighted by molar-refractivity contribution is 0.203. The fourth-order valence-corrected chi connectivity index (χ4v) is 2.97. The van der Waals surface area contributed by atoms with Gasteiger partial charge >= 0.3 is 0 Å². The first-order chi connectivity index (χ1) is 8.66. The lowest BCUT2D eigenvalue weighted by Gasteiger charge is -2.30. The van der Waals surface area contributed by atoms with Crippen molar-refractivity contribution < 1.29 is 0 Å². The Labute approximate surface area is 111 Å². The summed E-state index contributed by atoms with van der Waals surface area (Å²) in [6, 6.07) is 9.14. The summed E-state index contributed by atoms with van der Waals surface area (Å²) >= 11 is 0. The van der Waals surface area contributed by atoms with Crippen LogP contribution in [-0.4, -0.2) is 31.6 Å². The third-order valence-electron chi connectivity index (χ3n) is 4.09. The highest BCUT2D eigenvalue weighted by atomic mass is 15.1. The Hall–Kier alpha value is -0.860. The van der Waals surface area contributed by atoms with Gasteiger partial charge < -0.3 is 10.2 Å². The highest BCUT2D eigenvalue weighted by molar-refractivity contribution is 5.28. The van der Waals surface area contributed by atoms with E-state index in [2.05, 4.69) is 55.4 Å². The van der Waals surface area contributed by atoms with Crippen molar-refractivity contribution in [1.29, 1.82) is 0 Å². The molecular formula is C16H26N2. The predicted molar refractivity (Wildman–Crippen MR) is 77.8 cm³/mol. The van der Waals surface area contributed by atoms with Crippen molar-refractivity contribution in [1.82, 2.24) is 10.2 Å². The van der Waals surface area contributed by atoms with Crippen LogP contribution in [0.4, 0.5) is 0 Å². The summed E-state index contributed by atoms with van der Waals surface area (Å²) in [6.07, 6.45) is 2.72. The van der Waals surface area contributed by atoms with Gasteiger partial charge in [-0.15, -0.1) is 0 Å². The molecule has 1 aliphatic rings. The second-order valence-corrected chi connectivity index (χ2v) is 5.76. The Kier molecular flexibility index (Phi) is 4.79. The monoisotopic (exact) mass is 246 g/mol. The van der Waals surface area contributed by atoms with Crippen molar-refractivity contribution >= 4 is 0 Å². The molecular weight excluding hydrogens is 220 g/mol. The van der Waals surface area contributed by atoms with Gasteiger partial charge in [-0.05, 0) is 63.9 Å². The second kappa shape index (κ2) is 6.35. The van der Waals surface area contributed by atoms with Gasteiger partial charge in [-0.25, -0.2) is 0 Å². The van der Waals surface area contributed by atoms with E-state index < -0.39 is 0 Å². The molecule has 1 N–H and O–H groups in total. The van der Waals surface area contributed by atoms with Gasteiger partial charge in [0.25, 0.3) is 0 Å². The predicted octanol–water partition coefficient (Wildman–Crippen LogP) is 2.99. The quantitative estimate of drug-likeness (QED) is 0.878. The SMILES string of the molecule is Cc1ccccc1[C@@H](C)NCC1CCCN(C)C1. The van der Waals surface area contributed by atoms with Gasteiger partial charge in [0.05, 0.1) is 0 Å². The summed E-state index contributed by atoms with van der Waals surface area (Å²) in [5.74, 6) is 0.815. The molecule has 0 amide bonds. The minimum Gasteiger partial charge on any atom is -0.310 e. The van der Waals surface area contributed by atoms with Gasteiger partial charge in [0.15, 0.2) is 0 Å². The first-order valence-electron chi connectivity index (χ1n) is 7.14. The smallest absolute Gasteiger partial charge is 0.0294 e. The highest BCUT2D eigenvalue weighted by Gasteiger charge is 2.18. The molecule has 1 unspecified atom stereocenters. The molecule has 0 aromatic heterocycles. The van der Waals surface area contributed by atoms with Gasteiger partial charge in [0.1, 0.15) is 0 Å². The minimum absolute atomic E-state index is 0.457. The van der Waals surface area contributed by atoms with Crippen LogP contribution >= 0.6 is 0 Å². The minimum atomic E-state index is 0.457. The van der Waals surface area contributed by atoms with Gasteiger partial charge in [-0.2, -0.15) is 0 Å². The van der Waals surface area contributed by atoms with E-state index >= 15 is 0 Å². The van der Waals surface area contributed by atoms with Crippen molar-refractivity contribution in [2.24, 2.45) is 5.92 Å². The topological polar surface area (TPSA) is 15.3 Å². The summed E-state index contributed by atoms with van der Waals surface area (Å²) in [5.41, 5.74) is 2.82. The van der Waals surface area contributed by atoms with Crippen LogP contribution in [0.1, 0.15) is 36.9 Å². The first kappa shape index (κ1) is 13.6. The molecule has 2 rings (SSSR count). The van der Waals surface area contributed by atoms with E-state index in [9.17, 15) is 0 Å². The fourth-order valence-electron chi connectivity index (χ4n) is 2.97. The molecule has 1 heterocycles. The van der Waals surface area contributed by atoms with Crippen LogP contribution in [0, 0.1) is 12.8 Å². The van der Waals surface area contributed by atoms with Crippen LogP contribution in [0.25, 0.3) is 0 Å². The Morgan fingerprint density at radius 1 is 1.39 bits per heavy atom. The zero-order valence-corrected chi connectivity index (χ0v) is 11.9. The van der Waals surface area contributed by atoms with Crippen LogP contribution in [0.15, 0.2) is 24.3 Å². The van der Waals surface area contributed by atoms with Crippen LogP contribution < -0.4 is 5.32 Å². The molecule has 0 bridgehead atoms. The molecule has 0 radical (unpaired) electrons. The van der Waals surface area contributed by atoms with Crippen LogP contribution in [0.2, 0.25) is 0 Å². The number of rotatable bonds is 4. The van der Waals surface area contributed by atoms with Crippen molar-refractivity contribution in [2.75, 3.05) is 26.7 Å². The maximum atomic E-state index is 3.70. The Balaban J connectivity index is 1.84. The number of aryl methyl sites for hydroxylation is 1. The van der Waals surface area contributed by atoms with Crippen LogP contribution in [0.5, 0.6) is 0 Å². The van der Waals surface area contributed by atoms with E-state index in [0.29, 0.717) is 6.04 Å². The van der Waals surface area contributed by atoms with Gasteiger partial charge in [0.2, 0.25) is 0 Å². The Bertz CT molecular complexity index is 375. The average molecular weight is 246 g/mol. The van der Waals surface area contributed by atoms with Crippen molar-refractivity contribution in [3.63, 3.8) is 0 Å². The molecule has 2 heteroatoms. The number of piperidine rings is 1. The molecule has 1 aliphatic heterocycles. The molecule has 1 aromatic rings.